The first kappa shape index (κ1) is 14.7. The maximum absolute atomic E-state index is 6.18. The third kappa shape index (κ3) is 4.15. The summed E-state index contributed by atoms with van der Waals surface area (Å²) in [5.41, 5.74) is 8.56. The van der Waals surface area contributed by atoms with E-state index >= 15 is 0 Å². The molecule has 1 atom stereocenters. The lowest BCUT2D eigenvalue weighted by atomic mass is 10.1. The van der Waals surface area contributed by atoms with Gasteiger partial charge in [-0.25, -0.2) is 0 Å². The Kier molecular flexibility index (Phi) is 5.17. The summed E-state index contributed by atoms with van der Waals surface area (Å²) in [7, 11) is 0. The summed E-state index contributed by atoms with van der Waals surface area (Å²) in [6.07, 6.45) is 0. The fourth-order valence-electron chi connectivity index (χ4n) is 1.68. The third-order valence-electron chi connectivity index (χ3n) is 2.82. The second-order valence-electron chi connectivity index (χ2n) is 4.40. The molecule has 2 aromatic rings. The van der Waals surface area contributed by atoms with Crippen LogP contribution < -0.4 is 5.73 Å². The van der Waals surface area contributed by atoms with E-state index in [1.165, 1.54) is 5.56 Å². The summed E-state index contributed by atoms with van der Waals surface area (Å²) >= 11 is 13.7. The number of aryl methyl sites for hydroxylation is 1. The van der Waals surface area contributed by atoms with E-state index in [-0.39, 0.29) is 6.04 Å². The Labute approximate surface area is 128 Å². The van der Waals surface area contributed by atoms with Gasteiger partial charge in [0.2, 0.25) is 0 Å². The van der Waals surface area contributed by atoms with Crippen LogP contribution in [0.3, 0.4) is 0 Å². The van der Waals surface area contributed by atoms with Crippen LogP contribution in [-0.2, 0) is 0 Å². The molecule has 0 heterocycles. The molecule has 1 nitrogen and oxygen atoms in total. The zero-order valence-corrected chi connectivity index (χ0v) is 12.9. The quantitative estimate of drug-likeness (QED) is 0.795. The first-order valence-electron chi connectivity index (χ1n) is 5.96. The number of nitrogens with two attached hydrogens (primary N) is 1. The van der Waals surface area contributed by atoms with Gasteiger partial charge in [0.1, 0.15) is 0 Å². The fourth-order valence-corrected chi connectivity index (χ4v) is 3.16. The Morgan fingerprint density at radius 3 is 2.47 bits per heavy atom. The van der Waals surface area contributed by atoms with Gasteiger partial charge in [-0.05, 0) is 30.7 Å². The van der Waals surface area contributed by atoms with Crippen molar-refractivity contribution in [3.63, 3.8) is 0 Å². The highest BCUT2D eigenvalue weighted by molar-refractivity contribution is 7.99. The van der Waals surface area contributed by atoms with Crippen LogP contribution in [0.1, 0.15) is 17.2 Å². The molecule has 0 radical (unpaired) electrons. The van der Waals surface area contributed by atoms with Crippen LogP contribution in [0.5, 0.6) is 0 Å². The molecule has 0 spiro atoms. The lowest BCUT2D eigenvalue weighted by molar-refractivity contribution is 0.831. The van der Waals surface area contributed by atoms with Gasteiger partial charge in [0, 0.05) is 21.7 Å². The van der Waals surface area contributed by atoms with Crippen molar-refractivity contribution in [2.24, 2.45) is 5.73 Å². The van der Waals surface area contributed by atoms with E-state index in [0.717, 1.165) is 16.2 Å². The van der Waals surface area contributed by atoms with Gasteiger partial charge in [0.15, 0.2) is 0 Å². The van der Waals surface area contributed by atoms with E-state index in [0.29, 0.717) is 10.0 Å². The highest BCUT2D eigenvalue weighted by atomic mass is 35.5. The second-order valence-corrected chi connectivity index (χ2v) is 6.31. The van der Waals surface area contributed by atoms with Crippen molar-refractivity contribution < 1.29 is 0 Å². The third-order valence-corrected chi connectivity index (χ3v) is 4.67. The minimum atomic E-state index is -0.0133. The lowest BCUT2D eigenvalue weighted by Gasteiger charge is -2.12. The van der Waals surface area contributed by atoms with E-state index < -0.39 is 0 Å². The maximum Gasteiger partial charge on any atom is 0.0542 e. The molecule has 0 aromatic heterocycles. The number of rotatable bonds is 4. The summed E-state index contributed by atoms with van der Waals surface area (Å²) in [4.78, 5) is 0.969. The lowest BCUT2D eigenvalue weighted by Crippen LogP contribution is -2.12. The van der Waals surface area contributed by atoms with E-state index in [1.807, 2.05) is 12.1 Å². The monoisotopic (exact) mass is 311 g/mol. The van der Waals surface area contributed by atoms with Crippen molar-refractivity contribution in [3.05, 3.63) is 63.6 Å². The van der Waals surface area contributed by atoms with E-state index in [2.05, 4.69) is 31.2 Å². The van der Waals surface area contributed by atoms with Crippen LogP contribution in [0.2, 0.25) is 10.0 Å². The van der Waals surface area contributed by atoms with Crippen LogP contribution in [0.25, 0.3) is 0 Å². The fraction of sp³-hybridized carbons (Fsp3) is 0.200. The van der Waals surface area contributed by atoms with Crippen LogP contribution in [0.4, 0.5) is 0 Å². The van der Waals surface area contributed by atoms with Gasteiger partial charge in [0.05, 0.1) is 5.02 Å². The topological polar surface area (TPSA) is 26.0 Å². The van der Waals surface area contributed by atoms with Crippen molar-refractivity contribution >= 4 is 35.0 Å². The maximum atomic E-state index is 6.18. The molecule has 0 amide bonds. The van der Waals surface area contributed by atoms with Crippen molar-refractivity contribution in [2.75, 3.05) is 5.75 Å². The summed E-state index contributed by atoms with van der Waals surface area (Å²) in [6, 6.07) is 13.7. The van der Waals surface area contributed by atoms with Gasteiger partial charge in [-0.15, -0.1) is 11.8 Å². The SMILES string of the molecule is Cc1ccc(C(N)CSc2cc(Cl)ccc2Cl)cc1. The molecule has 0 aliphatic rings. The Morgan fingerprint density at radius 2 is 1.79 bits per heavy atom. The van der Waals surface area contributed by atoms with Crippen molar-refractivity contribution in [3.8, 4) is 0 Å². The van der Waals surface area contributed by atoms with Crippen LogP contribution >= 0.6 is 35.0 Å². The molecular formula is C15H15Cl2NS. The molecule has 4 heteroatoms. The summed E-state index contributed by atoms with van der Waals surface area (Å²) in [6.45, 7) is 2.07. The Bertz CT molecular complexity index is 555. The van der Waals surface area contributed by atoms with Crippen molar-refractivity contribution in [1.29, 1.82) is 0 Å². The predicted molar refractivity (Wildman–Crippen MR) is 85.3 cm³/mol. The zero-order chi connectivity index (χ0) is 13.8. The van der Waals surface area contributed by atoms with E-state index in [1.54, 1.807) is 17.8 Å². The molecule has 0 bridgehead atoms. The normalized spacial score (nSPS) is 12.4. The van der Waals surface area contributed by atoms with Crippen LogP contribution in [0.15, 0.2) is 47.4 Å². The zero-order valence-electron chi connectivity index (χ0n) is 10.6. The second kappa shape index (κ2) is 6.67. The molecule has 19 heavy (non-hydrogen) atoms. The van der Waals surface area contributed by atoms with Gasteiger partial charge in [0.25, 0.3) is 0 Å². The summed E-state index contributed by atoms with van der Waals surface area (Å²) < 4.78 is 0. The van der Waals surface area contributed by atoms with Crippen LogP contribution in [0, 0.1) is 6.92 Å². The van der Waals surface area contributed by atoms with Gasteiger partial charge in [-0.3, -0.25) is 0 Å². The molecule has 100 valence electrons. The average molecular weight is 312 g/mol. The average Bonchev–Trinajstić information content (AvgIpc) is 2.40. The standard InChI is InChI=1S/C15H15Cl2NS/c1-10-2-4-11(5-3-10)14(18)9-19-15-8-12(16)6-7-13(15)17/h2-8,14H,9,18H2,1H3. The Balaban J connectivity index is 2.02. The number of halogens is 2. The summed E-state index contributed by atoms with van der Waals surface area (Å²) in [5.74, 6) is 0.767. The molecule has 2 rings (SSSR count). The predicted octanol–water partition coefficient (Wildman–Crippen LogP) is 5.09. The number of benzene rings is 2. The minimum absolute atomic E-state index is 0.0133. The molecule has 2 N–H and O–H groups in total. The molecule has 2 aromatic carbocycles. The molecule has 1 unspecified atom stereocenters. The van der Waals surface area contributed by atoms with Crippen molar-refractivity contribution in [1.82, 2.24) is 0 Å². The van der Waals surface area contributed by atoms with Gasteiger partial charge in [-0.1, -0.05) is 53.0 Å². The molecule has 0 saturated carbocycles. The Hall–Kier alpha value is -0.670. The van der Waals surface area contributed by atoms with Gasteiger partial charge < -0.3 is 5.73 Å². The number of thioether (sulfide) groups is 1. The van der Waals surface area contributed by atoms with Crippen molar-refractivity contribution in [2.45, 2.75) is 17.9 Å². The van der Waals surface area contributed by atoms with E-state index in [9.17, 15) is 0 Å². The number of hydrogen-bond acceptors (Lipinski definition) is 2. The summed E-state index contributed by atoms with van der Waals surface area (Å²) in [5, 5.41) is 1.40. The van der Waals surface area contributed by atoms with Gasteiger partial charge >= 0.3 is 0 Å². The largest absolute Gasteiger partial charge is 0.323 e. The first-order chi connectivity index (χ1) is 9.06. The first-order valence-corrected chi connectivity index (χ1v) is 7.70. The smallest absolute Gasteiger partial charge is 0.0542 e. The highest BCUT2D eigenvalue weighted by Crippen LogP contribution is 2.31. The molecule has 0 aliphatic heterocycles. The molecule has 0 aliphatic carbocycles. The highest BCUT2D eigenvalue weighted by Gasteiger charge is 2.08. The minimum Gasteiger partial charge on any atom is -0.323 e. The number of hydrogen-bond donors (Lipinski definition) is 1. The van der Waals surface area contributed by atoms with Crippen LogP contribution in [-0.4, -0.2) is 5.75 Å². The molecular weight excluding hydrogens is 297 g/mol. The van der Waals surface area contributed by atoms with Gasteiger partial charge in [-0.2, -0.15) is 0 Å². The molecule has 0 fully saturated rings. The Morgan fingerprint density at radius 1 is 1.11 bits per heavy atom. The van der Waals surface area contributed by atoms with E-state index in [4.69, 9.17) is 28.9 Å². The molecule has 0 saturated heterocycles.